The van der Waals surface area contributed by atoms with E-state index in [-0.39, 0.29) is 17.0 Å². The normalized spacial score (nSPS) is 24.4. The Hall–Kier alpha value is -1.14. The maximum Gasteiger partial charge on any atom is 0.245 e. The molecule has 0 amide bonds. The van der Waals surface area contributed by atoms with Gasteiger partial charge in [-0.3, -0.25) is 0 Å². The van der Waals surface area contributed by atoms with Gasteiger partial charge in [0.05, 0.1) is 0 Å². The smallest absolute Gasteiger partial charge is 0.245 e. The van der Waals surface area contributed by atoms with Crippen LogP contribution in [-0.2, 0) is 10.0 Å². The summed E-state index contributed by atoms with van der Waals surface area (Å²) in [6.07, 6.45) is 7.98. The minimum Gasteiger partial charge on any atom is -0.353 e. The lowest BCUT2D eigenvalue weighted by molar-refractivity contribution is 0.302. The van der Waals surface area contributed by atoms with Gasteiger partial charge in [-0.2, -0.15) is 4.31 Å². The molecule has 2 heterocycles. The van der Waals surface area contributed by atoms with E-state index in [4.69, 9.17) is 0 Å². The maximum absolute atomic E-state index is 12.9. The van der Waals surface area contributed by atoms with E-state index >= 15 is 0 Å². The van der Waals surface area contributed by atoms with Gasteiger partial charge >= 0.3 is 0 Å². The topological polar surface area (TPSA) is 53.5 Å². The van der Waals surface area contributed by atoms with E-state index in [1.54, 1.807) is 16.6 Å². The summed E-state index contributed by atoms with van der Waals surface area (Å²) in [4.78, 5) is 7.22. The van der Waals surface area contributed by atoms with Crippen molar-refractivity contribution in [3.63, 3.8) is 0 Å². The van der Waals surface area contributed by atoms with Crippen molar-refractivity contribution in [2.75, 3.05) is 11.4 Å². The number of sulfonamides is 1. The van der Waals surface area contributed by atoms with Crippen LogP contribution in [-0.4, -0.2) is 42.4 Å². The van der Waals surface area contributed by atoms with Gasteiger partial charge in [0.2, 0.25) is 10.0 Å². The molecule has 0 N–H and O–H groups in total. The van der Waals surface area contributed by atoms with E-state index < -0.39 is 10.0 Å². The number of aromatic nitrogens is 1. The Kier molecular flexibility index (Phi) is 5.40. The Balaban J connectivity index is 1.82. The number of pyridine rings is 1. The van der Waals surface area contributed by atoms with Gasteiger partial charge in [-0.1, -0.05) is 12.8 Å². The maximum atomic E-state index is 12.9. The summed E-state index contributed by atoms with van der Waals surface area (Å²) < 4.78 is 27.4. The van der Waals surface area contributed by atoms with E-state index in [0.29, 0.717) is 6.04 Å². The highest BCUT2D eigenvalue weighted by Crippen LogP contribution is 2.38. The third-order valence-electron chi connectivity index (χ3n) is 5.62. The molecular formula is C19H31N3O2S. The van der Waals surface area contributed by atoms with Crippen molar-refractivity contribution in [3.05, 3.63) is 18.3 Å². The highest BCUT2D eigenvalue weighted by atomic mass is 32.2. The van der Waals surface area contributed by atoms with E-state index in [1.807, 2.05) is 33.8 Å². The van der Waals surface area contributed by atoms with Crippen LogP contribution in [0.1, 0.15) is 59.8 Å². The van der Waals surface area contributed by atoms with Gasteiger partial charge in [0, 0.05) is 30.9 Å². The van der Waals surface area contributed by atoms with Crippen molar-refractivity contribution >= 4 is 15.8 Å². The predicted molar refractivity (Wildman–Crippen MR) is 101 cm³/mol. The van der Waals surface area contributed by atoms with Gasteiger partial charge in [-0.05, 0) is 65.0 Å². The van der Waals surface area contributed by atoms with E-state index in [9.17, 15) is 8.42 Å². The Morgan fingerprint density at radius 1 is 1.08 bits per heavy atom. The molecule has 2 aliphatic rings. The molecule has 2 unspecified atom stereocenters. The minimum atomic E-state index is -3.51. The van der Waals surface area contributed by atoms with Crippen molar-refractivity contribution in [1.29, 1.82) is 0 Å². The van der Waals surface area contributed by atoms with Crippen LogP contribution in [0.3, 0.4) is 0 Å². The molecule has 0 spiro atoms. The molecule has 2 fully saturated rings. The van der Waals surface area contributed by atoms with Crippen LogP contribution in [0.5, 0.6) is 0 Å². The summed E-state index contributed by atoms with van der Waals surface area (Å²) in [6, 6.07) is 4.05. The second-order valence-corrected chi connectivity index (χ2v) is 9.81. The first-order chi connectivity index (χ1) is 11.8. The molecule has 0 radical (unpaired) electrons. The summed E-state index contributed by atoms with van der Waals surface area (Å²) >= 11 is 0. The quantitative estimate of drug-likeness (QED) is 0.799. The van der Waals surface area contributed by atoms with Gasteiger partial charge < -0.3 is 4.90 Å². The first-order valence-electron chi connectivity index (χ1n) is 9.58. The molecule has 2 atom stereocenters. The van der Waals surface area contributed by atoms with Crippen molar-refractivity contribution in [2.45, 2.75) is 82.8 Å². The predicted octanol–water partition coefficient (Wildman–Crippen LogP) is 3.66. The van der Waals surface area contributed by atoms with Crippen molar-refractivity contribution in [1.82, 2.24) is 9.29 Å². The van der Waals surface area contributed by atoms with Crippen LogP contribution in [0, 0.1) is 5.92 Å². The van der Waals surface area contributed by atoms with Gasteiger partial charge in [0.25, 0.3) is 0 Å². The number of hydrogen-bond donors (Lipinski definition) is 0. The highest BCUT2D eigenvalue weighted by molar-refractivity contribution is 7.89. The molecule has 0 aromatic carbocycles. The van der Waals surface area contributed by atoms with Crippen LogP contribution in [0.15, 0.2) is 23.2 Å². The van der Waals surface area contributed by atoms with Crippen molar-refractivity contribution < 1.29 is 8.42 Å². The Morgan fingerprint density at radius 2 is 1.76 bits per heavy atom. The van der Waals surface area contributed by atoms with Crippen LogP contribution in [0.25, 0.3) is 0 Å². The van der Waals surface area contributed by atoms with Crippen molar-refractivity contribution in [3.8, 4) is 0 Å². The SMILES string of the molecule is CC(C)N(C(C)C)S(=O)(=O)c1ccc(N2CCC3CCCCC32)nc1. The van der Waals surface area contributed by atoms with Crippen LogP contribution >= 0.6 is 0 Å². The molecule has 1 aliphatic heterocycles. The monoisotopic (exact) mass is 365 g/mol. The molecule has 1 saturated carbocycles. The fourth-order valence-electron chi connectivity index (χ4n) is 4.66. The van der Waals surface area contributed by atoms with E-state index in [1.165, 1.54) is 32.1 Å². The Labute approximate surface area is 152 Å². The summed E-state index contributed by atoms with van der Waals surface area (Å²) in [5, 5.41) is 0. The van der Waals surface area contributed by atoms with Gasteiger partial charge in [-0.25, -0.2) is 13.4 Å². The molecule has 3 rings (SSSR count). The minimum absolute atomic E-state index is 0.0775. The lowest BCUT2D eigenvalue weighted by atomic mass is 9.85. The Morgan fingerprint density at radius 3 is 2.36 bits per heavy atom. The van der Waals surface area contributed by atoms with Gasteiger partial charge in [0.1, 0.15) is 10.7 Å². The average molecular weight is 366 g/mol. The fraction of sp³-hybridized carbons (Fsp3) is 0.737. The average Bonchev–Trinajstić information content (AvgIpc) is 2.98. The van der Waals surface area contributed by atoms with Gasteiger partial charge in [-0.15, -0.1) is 0 Å². The summed E-state index contributed by atoms with van der Waals surface area (Å²) in [5.74, 6) is 1.71. The van der Waals surface area contributed by atoms with E-state index in [0.717, 1.165) is 18.3 Å². The van der Waals surface area contributed by atoms with Crippen LogP contribution in [0.4, 0.5) is 5.82 Å². The first kappa shape index (κ1) is 18.6. The largest absolute Gasteiger partial charge is 0.353 e. The number of fused-ring (bicyclic) bond motifs is 1. The third kappa shape index (κ3) is 3.56. The summed E-state index contributed by atoms with van der Waals surface area (Å²) in [7, 11) is -3.51. The molecule has 25 heavy (non-hydrogen) atoms. The summed E-state index contributed by atoms with van der Waals surface area (Å²) in [5.41, 5.74) is 0. The van der Waals surface area contributed by atoms with Gasteiger partial charge in [0.15, 0.2) is 0 Å². The standard InChI is InChI=1S/C19H31N3O2S/c1-14(2)22(15(3)4)25(23,24)17-9-10-19(20-13-17)21-12-11-16-7-5-6-8-18(16)21/h9-10,13-16,18H,5-8,11-12H2,1-4H3. The van der Waals surface area contributed by atoms with Crippen LogP contribution in [0.2, 0.25) is 0 Å². The zero-order valence-corrected chi connectivity index (χ0v) is 16.7. The lowest BCUT2D eigenvalue weighted by Crippen LogP contribution is -2.42. The number of anilines is 1. The molecule has 0 bridgehead atoms. The zero-order chi connectivity index (χ0) is 18.2. The second kappa shape index (κ2) is 7.23. The van der Waals surface area contributed by atoms with Crippen molar-refractivity contribution in [2.24, 2.45) is 5.92 Å². The zero-order valence-electron chi connectivity index (χ0n) is 15.9. The molecule has 5 nitrogen and oxygen atoms in total. The number of hydrogen-bond acceptors (Lipinski definition) is 4. The van der Waals surface area contributed by atoms with E-state index in [2.05, 4.69) is 9.88 Å². The molecule has 1 saturated heterocycles. The molecule has 1 aromatic heterocycles. The summed E-state index contributed by atoms with van der Waals surface area (Å²) in [6.45, 7) is 8.68. The van der Waals surface area contributed by atoms with Crippen LogP contribution < -0.4 is 4.90 Å². The fourth-order valence-corrected chi connectivity index (χ4v) is 6.44. The molecular weight excluding hydrogens is 334 g/mol. The molecule has 6 heteroatoms. The first-order valence-corrected chi connectivity index (χ1v) is 11.0. The molecule has 140 valence electrons. The Bertz CT molecular complexity index is 677. The molecule has 1 aromatic rings. The third-order valence-corrected chi connectivity index (χ3v) is 7.85. The highest BCUT2D eigenvalue weighted by Gasteiger charge is 2.36. The molecule has 1 aliphatic carbocycles. The number of nitrogens with zero attached hydrogens (tertiary/aromatic N) is 3. The lowest BCUT2D eigenvalue weighted by Gasteiger charge is -2.32. The second-order valence-electron chi connectivity index (χ2n) is 7.97. The number of rotatable bonds is 5.